The van der Waals surface area contributed by atoms with Crippen molar-refractivity contribution in [3.63, 3.8) is 0 Å². The predicted octanol–water partition coefficient (Wildman–Crippen LogP) is 3.13. The minimum absolute atomic E-state index is 0.223. The Morgan fingerprint density at radius 2 is 1.71 bits per heavy atom. The minimum Gasteiger partial charge on any atom is -0.489 e. The van der Waals surface area contributed by atoms with E-state index in [0.29, 0.717) is 12.6 Å². The Kier molecular flexibility index (Phi) is 6.25. The average Bonchev–Trinajstić information content (AvgIpc) is 2.53. The van der Waals surface area contributed by atoms with Crippen molar-refractivity contribution in [2.24, 2.45) is 0 Å². The second-order valence-electron chi connectivity index (χ2n) is 5.21. The Labute approximate surface area is 126 Å². The summed E-state index contributed by atoms with van der Waals surface area (Å²) in [5.41, 5.74) is 2.38. The standard InChI is InChI=1S/C18H23NO2/c1-15(11-12-20)19-13-16-7-9-18(10-8-16)21-14-17-5-3-2-4-6-17/h2-10,15,19-20H,11-14H2,1H3. The summed E-state index contributed by atoms with van der Waals surface area (Å²) in [6.07, 6.45) is 0.776. The van der Waals surface area contributed by atoms with Crippen LogP contribution in [0.4, 0.5) is 0 Å². The van der Waals surface area contributed by atoms with Crippen LogP contribution in [0.3, 0.4) is 0 Å². The van der Waals surface area contributed by atoms with Crippen molar-refractivity contribution in [2.45, 2.75) is 32.5 Å². The number of nitrogens with one attached hydrogen (secondary N) is 1. The van der Waals surface area contributed by atoms with Crippen LogP contribution in [-0.2, 0) is 13.2 Å². The number of ether oxygens (including phenoxy) is 1. The summed E-state index contributed by atoms with van der Waals surface area (Å²) in [4.78, 5) is 0. The molecule has 2 N–H and O–H groups in total. The van der Waals surface area contributed by atoms with Gasteiger partial charge in [-0.05, 0) is 36.6 Å². The molecule has 0 saturated carbocycles. The monoisotopic (exact) mass is 285 g/mol. The van der Waals surface area contributed by atoms with Gasteiger partial charge < -0.3 is 15.2 Å². The number of benzene rings is 2. The molecule has 112 valence electrons. The number of hydrogen-bond donors (Lipinski definition) is 2. The van der Waals surface area contributed by atoms with Crippen LogP contribution >= 0.6 is 0 Å². The first kappa shape index (κ1) is 15.5. The maximum Gasteiger partial charge on any atom is 0.119 e. The van der Waals surface area contributed by atoms with Gasteiger partial charge in [0.2, 0.25) is 0 Å². The van der Waals surface area contributed by atoms with Gasteiger partial charge in [-0.3, -0.25) is 0 Å². The van der Waals surface area contributed by atoms with Gasteiger partial charge >= 0.3 is 0 Å². The molecule has 0 amide bonds. The van der Waals surface area contributed by atoms with Crippen molar-refractivity contribution in [2.75, 3.05) is 6.61 Å². The molecule has 0 aliphatic heterocycles. The van der Waals surface area contributed by atoms with Gasteiger partial charge in [-0.25, -0.2) is 0 Å². The molecule has 0 aliphatic carbocycles. The van der Waals surface area contributed by atoms with Crippen LogP contribution in [-0.4, -0.2) is 17.8 Å². The molecule has 3 heteroatoms. The fourth-order valence-corrected chi connectivity index (χ4v) is 2.03. The summed E-state index contributed by atoms with van der Waals surface area (Å²) in [5, 5.41) is 12.2. The highest BCUT2D eigenvalue weighted by atomic mass is 16.5. The fourth-order valence-electron chi connectivity index (χ4n) is 2.03. The third-order valence-corrected chi connectivity index (χ3v) is 3.39. The maximum atomic E-state index is 8.87. The van der Waals surface area contributed by atoms with E-state index >= 15 is 0 Å². The lowest BCUT2D eigenvalue weighted by molar-refractivity contribution is 0.268. The van der Waals surface area contributed by atoms with Crippen LogP contribution in [0.1, 0.15) is 24.5 Å². The molecular weight excluding hydrogens is 262 g/mol. The summed E-state index contributed by atoms with van der Waals surface area (Å²) >= 11 is 0. The van der Waals surface area contributed by atoms with Gasteiger partial charge in [-0.1, -0.05) is 42.5 Å². The number of aliphatic hydroxyl groups excluding tert-OH is 1. The molecule has 0 bridgehead atoms. The SMILES string of the molecule is CC(CCO)NCc1ccc(OCc2ccccc2)cc1. The molecule has 0 aromatic heterocycles. The lowest BCUT2D eigenvalue weighted by atomic mass is 10.2. The van der Waals surface area contributed by atoms with Gasteiger partial charge in [0.1, 0.15) is 12.4 Å². The average molecular weight is 285 g/mol. The van der Waals surface area contributed by atoms with Crippen molar-refractivity contribution in [1.29, 1.82) is 0 Å². The Balaban J connectivity index is 1.79. The molecule has 0 radical (unpaired) electrons. The molecule has 0 fully saturated rings. The zero-order valence-corrected chi connectivity index (χ0v) is 12.5. The highest BCUT2D eigenvalue weighted by molar-refractivity contribution is 5.27. The van der Waals surface area contributed by atoms with Crippen molar-refractivity contribution in [3.05, 3.63) is 65.7 Å². The van der Waals surface area contributed by atoms with Gasteiger partial charge in [0.15, 0.2) is 0 Å². The zero-order valence-electron chi connectivity index (χ0n) is 12.5. The van der Waals surface area contributed by atoms with E-state index in [9.17, 15) is 0 Å². The maximum absolute atomic E-state index is 8.87. The number of aliphatic hydroxyl groups is 1. The smallest absolute Gasteiger partial charge is 0.119 e. The van der Waals surface area contributed by atoms with Crippen LogP contribution in [0.2, 0.25) is 0 Å². The van der Waals surface area contributed by atoms with E-state index in [2.05, 4.69) is 36.5 Å². The summed E-state index contributed by atoms with van der Waals surface area (Å²) in [6, 6.07) is 18.6. The molecule has 0 heterocycles. The van der Waals surface area contributed by atoms with Crippen molar-refractivity contribution in [1.82, 2.24) is 5.32 Å². The van der Waals surface area contributed by atoms with E-state index in [0.717, 1.165) is 18.7 Å². The van der Waals surface area contributed by atoms with Crippen LogP contribution in [0.5, 0.6) is 5.75 Å². The van der Waals surface area contributed by atoms with Gasteiger partial charge in [0.25, 0.3) is 0 Å². The molecule has 0 spiro atoms. The molecule has 1 unspecified atom stereocenters. The third-order valence-electron chi connectivity index (χ3n) is 3.39. The first-order chi connectivity index (χ1) is 10.3. The van der Waals surface area contributed by atoms with E-state index in [1.54, 1.807) is 0 Å². The topological polar surface area (TPSA) is 41.5 Å². The van der Waals surface area contributed by atoms with Crippen molar-refractivity contribution >= 4 is 0 Å². The molecule has 2 rings (SSSR count). The second-order valence-corrected chi connectivity index (χ2v) is 5.21. The van der Waals surface area contributed by atoms with Gasteiger partial charge in [0.05, 0.1) is 0 Å². The van der Waals surface area contributed by atoms with Crippen molar-refractivity contribution < 1.29 is 9.84 Å². The molecule has 1 atom stereocenters. The predicted molar refractivity (Wildman–Crippen MR) is 85.2 cm³/mol. The first-order valence-corrected chi connectivity index (χ1v) is 7.38. The lowest BCUT2D eigenvalue weighted by Crippen LogP contribution is -2.26. The molecule has 0 saturated heterocycles. The fraction of sp³-hybridized carbons (Fsp3) is 0.333. The second kappa shape index (κ2) is 8.45. The van der Waals surface area contributed by atoms with Crippen LogP contribution in [0.15, 0.2) is 54.6 Å². The summed E-state index contributed by atoms with van der Waals surface area (Å²) < 4.78 is 5.76. The lowest BCUT2D eigenvalue weighted by Gasteiger charge is -2.12. The van der Waals surface area contributed by atoms with E-state index in [4.69, 9.17) is 9.84 Å². The molecular formula is C18H23NO2. The zero-order chi connectivity index (χ0) is 14.9. The Morgan fingerprint density at radius 1 is 1.00 bits per heavy atom. The van der Waals surface area contributed by atoms with E-state index in [-0.39, 0.29) is 6.61 Å². The van der Waals surface area contributed by atoms with Crippen LogP contribution in [0.25, 0.3) is 0 Å². The number of hydrogen-bond acceptors (Lipinski definition) is 3. The first-order valence-electron chi connectivity index (χ1n) is 7.38. The van der Waals surface area contributed by atoms with Crippen molar-refractivity contribution in [3.8, 4) is 5.75 Å². The number of rotatable bonds is 8. The summed E-state index contributed by atoms with van der Waals surface area (Å²) in [6.45, 7) is 3.69. The largest absolute Gasteiger partial charge is 0.489 e. The Morgan fingerprint density at radius 3 is 2.38 bits per heavy atom. The molecule has 21 heavy (non-hydrogen) atoms. The Bertz CT molecular complexity index is 511. The highest BCUT2D eigenvalue weighted by Gasteiger charge is 2.01. The van der Waals surface area contributed by atoms with E-state index in [1.165, 1.54) is 11.1 Å². The molecule has 2 aromatic rings. The highest BCUT2D eigenvalue weighted by Crippen LogP contribution is 2.14. The van der Waals surface area contributed by atoms with Gasteiger partial charge in [-0.15, -0.1) is 0 Å². The van der Waals surface area contributed by atoms with E-state index in [1.807, 2.05) is 30.3 Å². The molecule has 3 nitrogen and oxygen atoms in total. The van der Waals surface area contributed by atoms with E-state index < -0.39 is 0 Å². The van der Waals surface area contributed by atoms with Gasteiger partial charge in [0, 0.05) is 19.2 Å². The summed E-state index contributed by atoms with van der Waals surface area (Å²) in [5.74, 6) is 0.881. The van der Waals surface area contributed by atoms with Crippen LogP contribution in [0, 0.1) is 0 Å². The summed E-state index contributed by atoms with van der Waals surface area (Å²) in [7, 11) is 0. The normalized spacial score (nSPS) is 12.1. The minimum atomic E-state index is 0.223. The quantitative estimate of drug-likeness (QED) is 0.783. The molecule has 2 aromatic carbocycles. The molecule has 0 aliphatic rings. The van der Waals surface area contributed by atoms with Crippen LogP contribution < -0.4 is 10.1 Å². The third kappa shape index (κ3) is 5.58. The Hall–Kier alpha value is -1.84. The van der Waals surface area contributed by atoms with Gasteiger partial charge in [-0.2, -0.15) is 0 Å².